The van der Waals surface area contributed by atoms with E-state index in [0.29, 0.717) is 5.54 Å². The Morgan fingerprint density at radius 2 is 1.60 bits per heavy atom. The summed E-state index contributed by atoms with van der Waals surface area (Å²) in [7, 11) is -1.40. The first-order valence-electron chi connectivity index (χ1n) is 6.52. The van der Waals surface area contributed by atoms with Gasteiger partial charge in [-0.1, -0.05) is 39.0 Å². The zero-order valence-electron chi connectivity index (χ0n) is 10.5. The summed E-state index contributed by atoms with van der Waals surface area (Å²) in [5, 5.41) is 0. The fourth-order valence-corrected chi connectivity index (χ4v) is 4.75. The SMILES string of the molecule is CCO[SiH](OCC)C(C)C1CCCCC1. The lowest BCUT2D eigenvalue weighted by molar-refractivity contribution is 0.188. The Labute approximate surface area is 96.2 Å². The van der Waals surface area contributed by atoms with E-state index in [2.05, 4.69) is 20.8 Å². The molecule has 0 saturated heterocycles. The van der Waals surface area contributed by atoms with Gasteiger partial charge >= 0.3 is 9.28 Å². The lowest BCUT2D eigenvalue weighted by Gasteiger charge is -2.31. The number of hydrogen-bond donors (Lipinski definition) is 0. The predicted molar refractivity (Wildman–Crippen MR) is 66.4 cm³/mol. The van der Waals surface area contributed by atoms with Crippen molar-refractivity contribution in [3.05, 3.63) is 0 Å². The second-order valence-electron chi connectivity index (χ2n) is 4.54. The number of hydrogen-bond acceptors (Lipinski definition) is 2. The van der Waals surface area contributed by atoms with Crippen molar-refractivity contribution >= 4 is 9.28 Å². The van der Waals surface area contributed by atoms with E-state index >= 15 is 0 Å². The predicted octanol–water partition coefficient (Wildman–Crippen LogP) is 3.25. The van der Waals surface area contributed by atoms with Crippen molar-refractivity contribution in [2.24, 2.45) is 5.92 Å². The van der Waals surface area contributed by atoms with Gasteiger partial charge < -0.3 is 8.85 Å². The fraction of sp³-hybridized carbons (Fsp3) is 1.00. The molecule has 1 fully saturated rings. The lowest BCUT2D eigenvalue weighted by Crippen LogP contribution is -2.32. The van der Waals surface area contributed by atoms with Crippen LogP contribution in [0.15, 0.2) is 0 Å². The lowest BCUT2D eigenvalue weighted by atomic mass is 9.87. The summed E-state index contributed by atoms with van der Waals surface area (Å²) in [5.41, 5.74) is 0.685. The summed E-state index contributed by atoms with van der Waals surface area (Å²) < 4.78 is 11.6. The molecule has 0 spiro atoms. The molecule has 1 unspecified atom stereocenters. The maximum Gasteiger partial charge on any atom is 0.324 e. The van der Waals surface area contributed by atoms with E-state index in [1.165, 1.54) is 32.1 Å². The van der Waals surface area contributed by atoms with Gasteiger partial charge in [0.2, 0.25) is 0 Å². The van der Waals surface area contributed by atoms with Crippen LogP contribution in [0.1, 0.15) is 52.9 Å². The van der Waals surface area contributed by atoms with E-state index < -0.39 is 9.28 Å². The third-order valence-corrected chi connectivity index (χ3v) is 6.21. The Kier molecular flexibility index (Phi) is 6.53. The minimum Gasteiger partial charge on any atom is -0.397 e. The fourth-order valence-electron chi connectivity index (χ4n) is 2.56. The maximum absolute atomic E-state index is 5.81. The molecule has 0 aromatic rings. The molecular formula is C12H26O2Si. The van der Waals surface area contributed by atoms with Crippen LogP contribution in [0.5, 0.6) is 0 Å². The molecule has 0 N–H and O–H groups in total. The van der Waals surface area contributed by atoms with Crippen LogP contribution >= 0.6 is 0 Å². The summed E-state index contributed by atoms with van der Waals surface area (Å²) in [5.74, 6) is 0.869. The highest BCUT2D eigenvalue weighted by Gasteiger charge is 2.30. The Hall–Kier alpha value is 0.137. The summed E-state index contributed by atoms with van der Waals surface area (Å²) >= 11 is 0. The van der Waals surface area contributed by atoms with Crippen LogP contribution in [-0.4, -0.2) is 22.5 Å². The summed E-state index contributed by atoms with van der Waals surface area (Å²) in [4.78, 5) is 0. The van der Waals surface area contributed by atoms with E-state index in [9.17, 15) is 0 Å². The van der Waals surface area contributed by atoms with Crippen LogP contribution in [0.3, 0.4) is 0 Å². The van der Waals surface area contributed by atoms with Crippen LogP contribution in [0, 0.1) is 5.92 Å². The van der Waals surface area contributed by atoms with Gasteiger partial charge in [-0.25, -0.2) is 0 Å². The first-order chi connectivity index (χ1) is 7.29. The van der Waals surface area contributed by atoms with E-state index in [-0.39, 0.29) is 0 Å². The number of rotatable bonds is 6. The second-order valence-corrected chi connectivity index (χ2v) is 6.99. The van der Waals surface area contributed by atoms with Gasteiger partial charge in [-0.15, -0.1) is 0 Å². The third-order valence-electron chi connectivity index (χ3n) is 3.48. The highest BCUT2D eigenvalue weighted by molar-refractivity contribution is 6.46. The van der Waals surface area contributed by atoms with E-state index in [0.717, 1.165) is 19.1 Å². The Morgan fingerprint density at radius 1 is 1.07 bits per heavy atom. The van der Waals surface area contributed by atoms with Gasteiger partial charge in [0.05, 0.1) is 0 Å². The van der Waals surface area contributed by atoms with Crippen LogP contribution < -0.4 is 0 Å². The average molecular weight is 230 g/mol. The van der Waals surface area contributed by atoms with Gasteiger partial charge in [0.15, 0.2) is 0 Å². The van der Waals surface area contributed by atoms with Crippen molar-refractivity contribution in [3.8, 4) is 0 Å². The molecule has 0 heterocycles. The van der Waals surface area contributed by atoms with Gasteiger partial charge in [0, 0.05) is 13.2 Å². The van der Waals surface area contributed by atoms with Crippen molar-refractivity contribution in [2.75, 3.05) is 13.2 Å². The van der Waals surface area contributed by atoms with Crippen molar-refractivity contribution < 1.29 is 8.85 Å². The zero-order valence-corrected chi connectivity index (χ0v) is 11.7. The molecule has 0 bridgehead atoms. The van der Waals surface area contributed by atoms with Crippen molar-refractivity contribution in [2.45, 2.75) is 58.4 Å². The van der Waals surface area contributed by atoms with Crippen molar-refractivity contribution in [1.29, 1.82) is 0 Å². The van der Waals surface area contributed by atoms with Gasteiger partial charge in [-0.3, -0.25) is 0 Å². The van der Waals surface area contributed by atoms with Crippen LogP contribution in [-0.2, 0) is 8.85 Å². The largest absolute Gasteiger partial charge is 0.397 e. The van der Waals surface area contributed by atoms with Crippen LogP contribution in [0.4, 0.5) is 0 Å². The van der Waals surface area contributed by atoms with Gasteiger partial charge in [0.25, 0.3) is 0 Å². The van der Waals surface area contributed by atoms with Crippen molar-refractivity contribution in [1.82, 2.24) is 0 Å². The monoisotopic (exact) mass is 230 g/mol. The van der Waals surface area contributed by atoms with Crippen LogP contribution in [0.25, 0.3) is 0 Å². The molecule has 3 heteroatoms. The Bertz CT molecular complexity index is 152. The standard InChI is InChI=1S/C12H26O2Si/c1-4-13-15(14-5-2)11(3)12-9-7-6-8-10-12/h11-12,15H,4-10H2,1-3H3. The maximum atomic E-state index is 5.81. The van der Waals surface area contributed by atoms with E-state index in [4.69, 9.17) is 8.85 Å². The first kappa shape index (κ1) is 13.2. The molecule has 15 heavy (non-hydrogen) atoms. The zero-order chi connectivity index (χ0) is 11.1. The highest BCUT2D eigenvalue weighted by Crippen LogP contribution is 2.35. The Morgan fingerprint density at radius 3 is 2.07 bits per heavy atom. The van der Waals surface area contributed by atoms with Gasteiger partial charge in [0.1, 0.15) is 0 Å². The molecular weight excluding hydrogens is 204 g/mol. The summed E-state index contributed by atoms with van der Waals surface area (Å²) in [6, 6.07) is 0. The van der Waals surface area contributed by atoms with E-state index in [1.807, 2.05) is 0 Å². The quantitative estimate of drug-likeness (QED) is 0.652. The molecule has 1 rings (SSSR count). The molecule has 90 valence electrons. The van der Waals surface area contributed by atoms with Gasteiger partial charge in [-0.05, 0) is 25.3 Å². The van der Waals surface area contributed by atoms with Crippen LogP contribution in [0.2, 0.25) is 5.54 Å². The van der Waals surface area contributed by atoms with Gasteiger partial charge in [-0.2, -0.15) is 0 Å². The molecule has 1 saturated carbocycles. The summed E-state index contributed by atoms with van der Waals surface area (Å²) in [6.07, 6.45) is 7.04. The minimum absolute atomic E-state index is 0.685. The first-order valence-corrected chi connectivity index (χ1v) is 8.13. The molecule has 0 aromatic carbocycles. The summed E-state index contributed by atoms with van der Waals surface area (Å²) in [6.45, 7) is 8.12. The van der Waals surface area contributed by atoms with E-state index in [1.54, 1.807) is 0 Å². The second kappa shape index (κ2) is 7.42. The molecule has 0 amide bonds. The molecule has 0 radical (unpaired) electrons. The molecule has 1 atom stereocenters. The molecule has 1 aliphatic carbocycles. The molecule has 0 aliphatic heterocycles. The normalized spacial score (nSPS) is 20.8. The molecule has 1 aliphatic rings. The van der Waals surface area contributed by atoms with Crippen molar-refractivity contribution in [3.63, 3.8) is 0 Å². The smallest absolute Gasteiger partial charge is 0.324 e. The highest BCUT2D eigenvalue weighted by atomic mass is 28.3. The third kappa shape index (κ3) is 4.25. The molecule has 2 nitrogen and oxygen atoms in total. The average Bonchev–Trinajstić information content (AvgIpc) is 2.29. The minimum atomic E-state index is -1.40. The Balaban J connectivity index is 2.41. The molecule has 0 aromatic heterocycles. The topological polar surface area (TPSA) is 18.5 Å².